The number of hydrogen-bond donors (Lipinski definition) is 1. The van der Waals surface area contributed by atoms with Crippen molar-refractivity contribution in [2.45, 2.75) is 12.3 Å². The lowest BCUT2D eigenvalue weighted by molar-refractivity contribution is -0.393. The molecule has 11 nitrogen and oxygen atoms in total. The van der Waals surface area contributed by atoms with E-state index >= 15 is 0 Å². The van der Waals surface area contributed by atoms with Crippen LogP contribution in [0.2, 0.25) is 0 Å². The highest BCUT2D eigenvalue weighted by Gasteiger charge is 2.21. The van der Waals surface area contributed by atoms with Gasteiger partial charge in [0.15, 0.2) is 0 Å². The average molecular weight is 402 g/mol. The van der Waals surface area contributed by atoms with Crippen molar-refractivity contribution >= 4 is 29.2 Å². The number of anilines is 1. The Hall–Kier alpha value is -4.02. The Bertz CT molecular complexity index is 928. The molecule has 152 valence electrons. The Morgan fingerprint density at radius 2 is 1.83 bits per heavy atom. The van der Waals surface area contributed by atoms with Crippen molar-refractivity contribution in [2.75, 3.05) is 19.6 Å². The molecule has 0 aromatic heterocycles. The summed E-state index contributed by atoms with van der Waals surface area (Å²) in [6.45, 7) is 0. The minimum Gasteiger partial charge on any atom is -0.497 e. The quantitative estimate of drug-likeness (QED) is 0.291. The maximum atomic E-state index is 12.1. The number of methoxy groups -OCH3 is 2. The molecular formula is C18H18N4O7. The van der Waals surface area contributed by atoms with Crippen LogP contribution in [0.25, 0.3) is 0 Å². The zero-order valence-corrected chi connectivity index (χ0v) is 15.6. The van der Waals surface area contributed by atoms with Crippen molar-refractivity contribution in [1.29, 1.82) is 0 Å². The molecule has 0 aliphatic heterocycles. The average Bonchev–Trinajstić information content (AvgIpc) is 2.73. The molecule has 2 rings (SSSR count). The summed E-state index contributed by atoms with van der Waals surface area (Å²) in [5.41, 5.74) is 2.25. The molecule has 2 aromatic carbocycles. The van der Waals surface area contributed by atoms with E-state index in [2.05, 4.69) is 10.5 Å². The molecule has 2 aromatic rings. The van der Waals surface area contributed by atoms with Gasteiger partial charge in [-0.05, 0) is 23.8 Å². The molecule has 0 aliphatic carbocycles. The van der Waals surface area contributed by atoms with E-state index in [0.717, 1.165) is 12.1 Å². The molecule has 1 N–H and O–H groups in total. The Balaban J connectivity index is 2.14. The van der Waals surface area contributed by atoms with Crippen LogP contribution in [0.4, 0.5) is 17.1 Å². The van der Waals surface area contributed by atoms with E-state index in [-0.39, 0.29) is 12.1 Å². The van der Waals surface area contributed by atoms with Gasteiger partial charge < -0.3 is 9.47 Å². The summed E-state index contributed by atoms with van der Waals surface area (Å²) in [6.07, 6.45) is 1.53. The van der Waals surface area contributed by atoms with Gasteiger partial charge in [-0.3, -0.25) is 30.4 Å². The lowest BCUT2D eigenvalue weighted by Gasteiger charge is -2.13. The van der Waals surface area contributed by atoms with Crippen LogP contribution in [-0.2, 0) is 9.53 Å². The normalized spacial score (nSPS) is 11.7. The van der Waals surface area contributed by atoms with Gasteiger partial charge in [-0.15, -0.1) is 0 Å². The van der Waals surface area contributed by atoms with Gasteiger partial charge in [0, 0.05) is 18.7 Å². The van der Waals surface area contributed by atoms with E-state index in [4.69, 9.17) is 9.47 Å². The number of nitro benzene ring substituents is 2. The van der Waals surface area contributed by atoms with Crippen LogP contribution in [0.5, 0.6) is 5.75 Å². The largest absolute Gasteiger partial charge is 0.497 e. The molecule has 1 unspecified atom stereocenters. The number of esters is 1. The highest BCUT2D eigenvalue weighted by atomic mass is 16.6. The summed E-state index contributed by atoms with van der Waals surface area (Å²) in [7, 11) is 2.80. The summed E-state index contributed by atoms with van der Waals surface area (Å²) in [4.78, 5) is 32.5. The first-order chi connectivity index (χ1) is 13.9. The minimum atomic E-state index is -0.751. The van der Waals surface area contributed by atoms with Crippen molar-refractivity contribution < 1.29 is 24.1 Å². The van der Waals surface area contributed by atoms with E-state index in [1.54, 1.807) is 24.3 Å². The molecule has 11 heteroatoms. The molecule has 0 spiro atoms. The third-order valence-electron chi connectivity index (χ3n) is 4.01. The number of rotatable bonds is 9. The van der Waals surface area contributed by atoms with Crippen LogP contribution in [0.3, 0.4) is 0 Å². The monoisotopic (exact) mass is 402 g/mol. The van der Waals surface area contributed by atoms with Crippen molar-refractivity contribution in [3.63, 3.8) is 0 Å². The summed E-state index contributed by atoms with van der Waals surface area (Å²) >= 11 is 0. The minimum absolute atomic E-state index is 0.0177. The number of nitrogens with one attached hydrogen (secondary N) is 1. The number of carbonyl (C=O) groups is 1. The summed E-state index contributed by atoms with van der Waals surface area (Å²) in [5, 5.41) is 25.8. The second-order valence-corrected chi connectivity index (χ2v) is 5.72. The third-order valence-corrected chi connectivity index (χ3v) is 4.01. The molecule has 0 fully saturated rings. The molecule has 0 radical (unpaired) electrons. The van der Waals surface area contributed by atoms with Crippen LogP contribution >= 0.6 is 0 Å². The number of carbonyl (C=O) groups excluding carboxylic acids is 1. The van der Waals surface area contributed by atoms with E-state index in [1.807, 2.05) is 0 Å². The molecular weight excluding hydrogens is 384 g/mol. The van der Waals surface area contributed by atoms with Crippen molar-refractivity contribution in [1.82, 2.24) is 0 Å². The zero-order chi connectivity index (χ0) is 21.4. The van der Waals surface area contributed by atoms with Crippen LogP contribution in [0.15, 0.2) is 47.6 Å². The molecule has 1 atom stereocenters. The first-order valence-corrected chi connectivity index (χ1v) is 8.29. The molecule has 0 aliphatic rings. The second-order valence-electron chi connectivity index (χ2n) is 5.72. The Labute approximate surface area is 165 Å². The predicted molar refractivity (Wildman–Crippen MR) is 104 cm³/mol. The zero-order valence-electron chi connectivity index (χ0n) is 15.6. The van der Waals surface area contributed by atoms with E-state index in [9.17, 15) is 25.0 Å². The molecule has 0 heterocycles. The summed E-state index contributed by atoms with van der Waals surface area (Å²) < 4.78 is 9.91. The van der Waals surface area contributed by atoms with Crippen molar-refractivity contribution in [2.24, 2.45) is 5.10 Å². The van der Waals surface area contributed by atoms with Crippen LogP contribution in [-0.4, -0.2) is 36.3 Å². The topological polar surface area (TPSA) is 146 Å². The van der Waals surface area contributed by atoms with Gasteiger partial charge in [0.2, 0.25) is 0 Å². The fraction of sp³-hybridized carbons (Fsp3) is 0.222. The Kier molecular flexibility index (Phi) is 7.18. The van der Waals surface area contributed by atoms with Crippen molar-refractivity contribution in [3.8, 4) is 5.75 Å². The van der Waals surface area contributed by atoms with Gasteiger partial charge in [-0.2, -0.15) is 5.10 Å². The van der Waals surface area contributed by atoms with E-state index in [0.29, 0.717) is 11.3 Å². The SMILES string of the molecule is COC(=O)C(C/C=N/Nc1ccc([N+](=O)[O-])cc1[N+](=O)[O-])c1ccc(OC)cc1. The number of benzene rings is 2. The maximum Gasteiger partial charge on any atom is 0.313 e. The van der Waals surface area contributed by atoms with Crippen LogP contribution < -0.4 is 10.2 Å². The van der Waals surface area contributed by atoms with E-state index in [1.165, 1.54) is 26.5 Å². The number of ether oxygens (including phenoxy) is 2. The van der Waals surface area contributed by atoms with Gasteiger partial charge in [-0.25, -0.2) is 0 Å². The Morgan fingerprint density at radius 3 is 2.38 bits per heavy atom. The summed E-state index contributed by atoms with van der Waals surface area (Å²) in [5.74, 6) is -0.468. The van der Waals surface area contributed by atoms with Gasteiger partial charge in [-0.1, -0.05) is 12.1 Å². The second kappa shape index (κ2) is 9.78. The molecule has 0 saturated heterocycles. The lowest BCUT2D eigenvalue weighted by atomic mass is 9.96. The van der Waals surface area contributed by atoms with Gasteiger partial charge in [0.1, 0.15) is 11.4 Å². The molecule has 29 heavy (non-hydrogen) atoms. The van der Waals surface area contributed by atoms with Crippen LogP contribution in [0.1, 0.15) is 17.9 Å². The van der Waals surface area contributed by atoms with Crippen molar-refractivity contribution in [3.05, 3.63) is 68.3 Å². The van der Waals surface area contributed by atoms with E-state index < -0.39 is 33.1 Å². The number of hydrogen-bond acceptors (Lipinski definition) is 9. The maximum absolute atomic E-state index is 12.1. The smallest absolute Gasteiger partial charge is 0.313 e. The van der Waals surface area contributed by atoms with Gasteiger partial charge in [0.05, 0.1) is 36.1 Å². The van der Waals surface area contributed by atoms with Crippen LogP contribution in [0, 0.1) is 20.2 Å². The summed E-state index contributed by atoms with van der Waals surface area (Å²) in [6, 6.07) is 10.0. The fourth-order valence-electron chi connectivity index (χ4n) is 2.50. The number of nitro groups is 2. The first kappa shape index (κ1) is 21.3. The number of hydrazone groups is 1. The first-order valence-electron chi connectivity index (χ1n) is 8.29. The number of nitrogens with zero attached hydrogens (tertiary/aromatic N) is 3. The third kappa shape index (κ3) is 5.48. The molecule has 0 saturated carbocycles. The fourth-order valence-corrected chi connectivity index (χ4v) is 2.50. The van der Waals surface area contributed by atoms with Gasteiger partial charge >= 0.3 is 11.7 Å². The molecule has 0 amide bonds. The molecule has 0 bridgehead atoms. The van der Waals surface area contributed by atoms with Gasteiger partial charge in [0.25, 0.3) is 5.69 Å². The predicted octanol–water partition coefficient (Wildman–Crippen LogP) is 3.26. The highest BCUT2D eigenvalue weighted by molar-refractivity contribution is 5.82. The Morgan fingerprint density at radius 1 is 1.14 bits per heavy atom. The number of non-ortho nitro benzene ring substituents is 1. The highest BCUT2D eigenvalue weighted by Crippen LogP contribution is 2.29. The lowest BCUT2D eigenvalue weighted by Crippen LogP contribution is -2.15. The standard InChI is InChI=1S/C18H18N4O7/c1-28-14-6-3-12(4-7-14)15(18(23)29-2)9-10-19-20-16-8-5-13(21(24)25)11-17(16)22(26)27/h3-8,10-11,15,20H,9H2,1-2H3/b19-10+.